The molecule has 0 unspecified atom stereocenters. The van der Waals surface area contributed by atoms with Crippen LogP contribution in [-0.4, -0.2) is 22.6 Å². The van der Waals surface area contributed by atoms with Gasteiger partial charge >= 0.3 is 5.97 Å². The second-order valence-electron chi connectivity index (χ2n) is 2.66. The number of carboxylic acid groups (broad SMARTS) is 1. The molecular weight excluding hydrogens is 168 g/mol. The maximum absolute atomic E-state index is 10.5. The molecule has 0 amide bonds. The first-order valence-corrected chi connectivity index (χ1v) is 4.17. The van der Waals surface area contributed by atoms with Gasteiger partial charge in [-0.25, -0.2) is 9.78 Å². The van der Waals surface area contributed by atoms with Crippen LogP contribution in [-0.2, 0) is 0 Å². The minimum absolute atomic E-state index is 0.210. The van der Waals surface area contributed by atoms with E-state index in [9.17, 15) is 4.79 Å². The summed E-state index contributed by atoms with van der Waals surface area (Å²) in [5.74, 6) is -0.235. The maximum atomic E-state index is 10.5. The molecule has 0 aliphatic heterocycles. The van der Waals surface area contributed by atoms with Crippen LogP contribution in [0.4, 0.5) is 5.82 Å². The SMILES string of the molecule is CCCNc1ccc(C(=O)O)cn1. The molecule has 0 saturated carbocycles. The van der Waals surface area contributed by atoms with E-state index in [1.807, 2.05) is 0 Å². The highest BCUT2D eigenvalue weighted by molar-refractivity contribution is 5.87. The number of carbonyl (C=O) groups is 1. The van der Waals surface area contributed by atoms with E-state index in [4.69, 9.17) is 5.11 Å². The van der Waals surface area contributed by atoms with Crippen molar-refractivity contribution in [3.05, 3.63) is 23.9 Å². The Morgan fingerprint density at radius 3 is 2.85 bits per heavy atom. The molecule has 0 aromatic carbocycles. The molecule has 1 rings (SSSR count). The van der Waals surface area contributed by atoms with Gasteiger partial charge in [0.2, 0.25) is 0 Å². The molecule has 0 fully saturated rings. The molecular formula is C9H12N2O2. The molecule has 0 bridgehead atoms. The first kappa shape index (κ1) is 9.51. The minimum Gasteiger partial charge on any atom is -0.478 e. The molecule has 0 aliphatic rings. The Kier molecular flexibility index (Phi) is 3.25. The number of hydrogen-bond acceptors (Lipinski definition) is 3. The molecule has 4 heteroatoms. The van der Waals surface area contributed by atoms with Crippen molar-refractivity contribution in [2.45, 2.75) is 13.3 Å². The van der Waals surface area contributed by atoms with Crippen LogP contribution in [0.15, 0.2) is 18.3 Å². The van der Waals surface area contributed by atoms with Crippen LogP contribution in [0.5, 0.6) is 0 Å². The topological polar surface area (TPSA) is 62.2 Å². The van der Waals surface area contributed by atoms with Crippen molar-refractivity contribution in [2.75, 3.05) is 11.9 Å². The van der Waals surface area contributed by atoms with Gasteiger partial charge in [-0.1, -0.05) is 6.92 Å². The lowest BCUT2D eigenvalue weighted by Gasteiger charge is -2.02. The van der Waals surface area contributed by atoms with E-state index >= 15 is 0 Å². The quantitative estimate of drug-likeness (QED) is 0.738. The highest BCUT2D eigenvalue weighted by atomic mass is 16.4. The van der Waals surface area contributed by atoms with E-state index < -0.39 is 5.97 Å². The summed E-state index contributed by atoms with van der Waals surface area (Å²) in [6.45, 7) is 2.90. The predicted molar refractivity (Wildman–Crippen MR) is 50.0 cm³/mol. The third-order valence-electron chi connectivity index (χ3n) is 1.57. The average molecular weight is 180 g/mol. The normalized spacial score (nSPS) is 9.62. The van der Waals surface area contributed by atoms with Crippen LogP contribution < -0.4 is 5.32 Å². The van der Waals surface area contributed by atoms with Crippen LogP contribution in [0.2, 0.25) is 0 Å². The fourth-order valence-electron chi connectivity index (χ4n) is 0.878. The lowest BCUT2D eigenvalue weighted by molar-refractivity contribution is 0.0696. The number of rotatable bonds is 4. The average Bonchev–Trinajstić information content (AvgIpc) is 2.15. The molecule has 0 aliphatic carbocycles. The fourth-order valence-corrected chi connectivity index (χ4v) is 0.878. The predicted octanol–water partition coefficient (Wildman–Crippen LogP) is 1.60. The molecule has 13 heavy (non-hydrogen) atoms. The summed E-state index contributed by atoms with van der Waals surface area (Å²) in [5, 5.41) is 11.6. The van der Waals surface area contributed by atoms with E-state index in [1.54, 1.807) is 6.07 Å². The van der Waals surface area contributed by atoms with Crippen molar-refractivity contribution >= 4 is 11.8 Å². The number of anilines is 1. The zero-order valence-corrected chi connectivity index (χ0v) is 7.45. The van der Waals surface area contributed by atoms with Crippen LogP contribution in [0.3, 0.4) is 0 Å². The molecule has 1 heterocycles. The van der Waals surface area contributed by atoms with E-state index in [-0.39, 0.29) is 5.56 Å². The van der Waals surface area contributed by atoms with Crippen LogP contribution in [0, 0.1) is 0 Å². The van der Waals surface area contributed by atoms with Gasteiger partial charge in [-0.05, 0) is 18.6 Å². The van der Waals surface area contributed by atoms with Crippen molar-refractivity contribution in [3.63, 3.8) is 0 Å². The third kappa shape index (κ3) is 2.74. The fraction of sp³-hybridized carbons (Fsp3) is 0.333. The Hall–Kier alpha value is -1.58. The highest BCUT2D eigenvalue weighted by Crippen LogP contribution is 2.04. The van der Waals surface area contributed by atoms with Gasteiger partial charge in [-0.3, -0.25) is 0 Å². The van der Waals surface area contributed by atoms with Crippen LogP contribution >= 0.6 is 0 Å². The van der Waals surface area contributed by atoms with Crippen LogP contribution in [0.1, 0.15) is 23.7 Å². The Labute approximate surface area is 76.6 Å². The second kappa shape index (κ2) is 4.45. The highest BCUT2D eigenvalue weighted by Gasteiger charge is 2.01. The van der Waals surface area contributed by atoms with E-state index in [1.165, 1.54) is 12.3 Å². The monoisotopic (exact) mass is 180 g/mol. The summed E-state index contributed by atoms with van der Waals surface area (Å²) in [6, 6.07) is 3.20. The number of pyridine rings is 1. The summed E-state index contributed by atoms with van der Waals surface area (Å²) in [5.41, 5.74) is 0.210. The number of carboxylic acids is 1. The lowest BCUT2D eigenvalue weighted by atomic mass is 10.3. The Morgan fingerprint density at radius 2 is 2.38 bits per heavy atom. The van der Waals surface area contributed by atoms with E-state index in [2.05, 4.69) is 17.2 Å². The molecule has 4 nitrogen and oxygen atoms in total. The molecule has 1 aromatic heterocycles. The molecule has 0 spiro atoms. The van der Waals surface area contributed by atoms with Gasteiger partial charge in [0.1, 0.15) is 5.82 Å². The summed E-state index contributed by atoms with van der Waals surface area (Å²) >= 11 is 0. The smallest absolute Gasteiger partial charge is 0.337 e. The molecule has 0 atom stereocenters. The molecule has 2 N–H and O–H groups in total. The summed E-state index contributed by atoms with van der Waals surface area (Å²) < 4.78 is 0. The summed E-state index contributed by atoms with van der Waals surface area (Å²) in [4.78, 5) is 14.4. The van der Waals surface area contributed by atoms with Gasteiger partial charge in [0.15, 0.2) is 0 Å². The molecule has 1 aromatic rings. The zero-order valence-electron chi connectivity index (χ0n) is 7.45. The van der Waals surface area contributed by atoms with Gasteiger partial charge in [0.05, 0.1) is 5.56 Å². The van der Waals surface area contributed by atoms with Gasteiger partial charge in [0, 0.05) is 12.7 Å². The molecule has 0 radical (unpaired) electrons. The number of nitrogens with zero attached hydrogens (tertiary/aromatic N) is 1. The van der Waals surface area contributed by atoms with Crippen molar-refractivity contribution in [2.24, 2.45) is 0 Å². The van der Waals surface area contributed by atoms with Crippen molar-refractivity contribution in [1.82, 2.24) is 4.98 Å². The Morgan fingerprint density at radius 1 is 1.62 bits per heavy atom. The van der Waals surface area contributed by atoms with Gasteiger partial charge in [-0.15, -0.1) is 0 Å². The largest absolute Gasteiger partial charge is 0.478 e. The number of nitrogens with one attached hydrogen (secondary N) is 1. The Bertz CT molecular complexity index is 282. The first-order chi connectivity index (χ1) is 6.24. The van der Waals surface area contributed by atoms with Crippen molar-refractivity contribution in [1.29, 1.82) is 0 Å². The maximum Gasteiger partial charge on any atom is 0.337 e. The number of hydrogen-bond donors (Lipinski definition) is 2. The second-order valence-corrected chi connectivity index (χ2v) is 2.66. The van der Waals surface area contributed by atoms with Crippen LogP contribution in [0.25, 0.3) is 0 Å². The van der Waals surface area contributed by atoms with Gasteiger partial charge in [-0.2, -0.15) is 0 Å². The summed E-state index contributed by atoms with van der Waals surface area (Å²) in [6.07, 6.45) is 2.36. The van der Waals surface area contributed by atoms with Gasteiger partial charge < -0.3 is 10.4 Å². The first-order valence-electron chi connectivity index (χ1n) is 4.17. The Balaban J connectivity index is 2.64. The molecule has 70 valence electrons. The minimum atomic E-state index is -0.949. The number of aromatic nitrogens is 1. The third-order valence-corrected chi connectivity index (χ3v) is 1.57. The van der Waals surface area contributed by atoms with Crippen molar-refractivity contribution < 1.29 is 9.90 Å². The zero-order chi connectivity index (χ0) is 9.68. The lowest BCUT2D eigenvalue weighted by Crippen LogP contribution is -2.03. The van der Waals surface area contributed by atoms with Gasteiger partial charge in [0.25, 0.3) is 0 Å². The van der Waals surface area contributed by atoms with E-state index in [0.717, 1.165) is 13.0 Å². The van der Waals surface area contributed by atoms with E-state index in [0.29, 0.717) is 5.82 Å². The number of aromatic carboxylic acids is 1. The standard InChI is InChI=1S/C9H12N2O2/c1-2-5-10-8-4-3-7(6-11-8)9(12)13/h3-4,6H,2,5H2,1H3,(H,10,11)(H,12,13). The summed E-state index contributed by atoms with van der Waals surface area (Å²) in [7, 11) is 0. The van der Waals surface area contributed by atoms with Crippen molar-refractivity contribution in [3.8, 4) is 0 Å². The molecule has 0 saturated heterocycles.